The topological polar surface area (TPSA) is 58.1 Å². The average molecular weight is 335 g/mol. The smallest absolute Gasteiger partial charge is 0.249 e. The molecule has 5 nitrogen and oxygen atoms in total. The van der Waals surface area contributed by atoms with E-state index in [2.05, 4.69) is 14.7 Å². The Bertz CT molecular complexity index is 715. The van der Waals surface area contributed by atoms with E-state index >= 15 is 0 Å². The summed E-state index contributed by atoms with van der Waals surface area (Å²) in [4.78, 5) is 18.8. The van der Waals surface area contributed by atoms with Crippen molar-refractivity contribution >= 4 is 39.9 Å². The van der Waals surface area contributed by atoms with Gasteiger partial charge in [0.15, 0.2) is 0 Å². The number of anilines is 2. The van der Waals surface area contributed by atoms with E-state index in [4.69, 9.17) is 11.6 Å². The lowest BCUT2D eigenvalue weighted by molar-refractivity contribution is -0.117. The Kier molecular flexibility index (Phi) is 3.50. The zero-order valence-electron chi connectivity index (χ0n) is 11.8. The molecule has 1 aromatic carbocycles. The molecule has 2 aromatic rings. The van der Waals surface area contributed by atoms with Gasteiger partial charge in [0.1, 0.15) is 11.9 Å². The van der Waals surface area contributed by atoms with Crippen LogP contribution in [0.3, 0.4) is 0 Å². The standard InChI is InChI=1S/C15H15ClN4OS/c16-10-2-1-3-11(8-10)20-7-6-12(14(20)21)17-15-18-13(19-22-15)9-4-5-9/h1-3,8-9,12H,4-7H2,(H,17,18,19). The van der Waals surface area contributed by atoms with Crippen LogP contribution in [0, 0.1) is 0 Å². The predicted octanol–water partition coefficient (Wildman–Crippen LogP) is 3.29. The number of amides is 1. The summed E-state index contributed by atoms with van der Waals surface area (Å²) in [7, 11) is 0. The summed E-state index contributed by atoms with van der Waals surface area (Å²) in [6.45, 7) is 0.686. The number of nitrogens with zero attached hydrogens (tertiary/aromatic N) is 3. The molecule has 2 fully saturated rings. The van der Waals surface area contributed by atoms with Crippen LogP contribution in [0.5, 0.6) is 0 Å². The molecule has 1 aliphatic heterocycles. The zero-order valence-corrected chi connectivity index (χ0v) is 13.4. The third-order valence-electron chi connectivity index (χ3n) is 4.01. The SMILES string of the molecule is O=C1C(Nc2nc(C3CC3)ns2)CCN1c1cccc(Cl)c1. The van der Waals surface area contributed by atoms with Gasteiger partial charge in [0.2, 0.25) is 11.0 Å². The molecule has 1 atom stereocenters. The summed E-state index contributed by atoms with van der Waals surface area (Å²) < 4.78 is 4.36. The second-order valence-electron chi connectivity index (χ2n) is 5.69. The number of benzene rings is 1. The number of halogens is 1. The Morgan fingerprint density at radius 2 is 2.18 bits per heavy atom. The van der Waals surface area contributed by atoms with E-state index in [0.29, 0.717) is 17.5 Å². The van der Waals surface area contributed by atoms with Gasteiger partial charge in [-0.1, -0.05) is 17.7 Å². The number of carbonyl (C=O) groups excluding carboxylic acids is 1. The van der Waals surface area contributed by atoms with Crippen molar-refractivity contribution in [2.24, 2.45) is 0 Å². The summed E-state index contributed by atoms with van der Waals surface area (Å²) in [5.41, 5.74) is 0.845. The van der Waals surface area contributed by atoms with Crippen LogP contribution in [-0.2, 0) is 4.79 Å². The van der Waals surface area contributed by atoms with Gasteiger partial charge in [0, 0.05) is 34.7 Å². The summed E-state index contributed by atoms with van der Waals surface area (Å²) in [5.74, 6) is 1.52. The third-order valence-corrected chi connectivity index (χ3v) is 4.90. The van der Waals surface area contributed by atoms with Gasteiger partial charge in [-0.05, 0) is 37.5 Å². The summed E-state index contributed by atoms with van der Waals surface area (Å²) >= 11 is 7.35. The van der Waals surface area contributed by atoms with Crippen molar-refractivity contribution in [3.8, 4) is 0 Å². The summed E-state index contributed by atoms with van der Waals surface area (Å²) in [6.07, 6.45) is 3.12. The average Bonchev–Trinajstić information content (AvgIpc) is 3.15. The highest BCUT2D eigenvalue weighted by atomic mass is 35.5. The Balaban J connectivity index is 1.46. The lowest BCUT2D eigenvalue weighted by Gasteiger charge is -2.17. The zero-order chi connectivity index (χ0) is 15.1. The quantitative estimate of drug-likeness (QED) is 0.932. The number of carbonyl (C=O) groups is 1. The number of nitrogens with one attached hydrogen (secondary N) is 1. The molecule has 4 rings (SSSR count). The minimum atomic E-state index is -0.237. The number of hydrogen-bond donors (Lipinski definition) is 1. The van der Waals surface area contributed by atoms with Gasteiger partial charge < -0.3 is 10.2 Å². The second-order valence-corrected chi connectivity index (χ2v) is 6.88. The molecule has 2 heterocycles. The fourth-order valence-electron chi connectivity index (χ4n) is 2.66. The maximum absolute atomic E-state index is 12.6. The van der Waals surface area contributed by atoms with Gasteiger partial charge in [-0.15, -0.1) is 0 Å². The van der Waals surface area contributed by atoms with E-state index < -0.39 is 0 Å². The van der Waals surface area contributed by atoms with Crippen molar-refractivity contribution in [1.82, 2.24) is 9.36 Å². The van der Waals surface area contributed by atoms with Crippen LogP contribution in [0.2, 0.25) is 5.02 Å². The maximum Gasteiger partial charge on any atom is 0.249 e. The summed E-state index contributed by atoms with van der Waals surface area (Å²) in [6, 6.07) is 7.15. The predicted molar refractivity (Wildman–Crippen MR) is 87.7 cm³/mol. The molecule has 1 N–H and O–H groups in total. The first kappa shape index (κ1) is 14.0. The van der Waals surface area contributed by atoms with Crippen LogP contribution < -0.4 is 10.2 Å². The van der Waals surface area contributed by atoms with E-state index in [-0.39, 0.29) is 11.9 Å². The van der Waals surface area contributed by atoms with Crippen LogP contribution in [0.25, 0.3) is 0 Å². The molecule has 7 heteroatoms. The highest BCUT2D eigenvalue weighted by Crippen LogP contribution is 2.39. The Hall–Kier alpha value is -1.66. The first-order valence-electron chi connectivity index (χ1n) is 7.38. The summed E-state index contributed by atoms with van der Waals surface area (Å²) in [5, 5.41) is 4.61. The van der Waals surface area contributed by atoms with E-state index in [1.165, 1.54) is 24.4 Å². The molecule has 22 heavy (non-hydrogen) atoms. The largest absolute Gasteiger partial charge is 0.348 e. The van der Waals surface area contributed by atoms with Crippen molar-refractivity contribution in [3.63, 3.8) is 0 Å². The van der Waals surface area contributed by atoms with Gasteiger partial charge >= 0.3 is 0 Å². The van der Waals surface area contributed by atoms with Gasteiger partial charge in [-0.2, -0.15) is 4.37 Å². The lowest BCUT2D eigenvalue weighted by Crippen LogP contribution is -2.33. The van der Waals surface area contributed by atoms with E-state index in [9.17, 15) is 4.79 Å². The third kappa shape index (κ3) is 2.68. The first-order chi connectivity index (χ1) is 10.7. The van der Waals surface area contributed by atoms with E-state index in [1.807, 2.05) is 24.3 Å². The Morgan fingerprint density at radius 3 is 2.95 bits per heavy atom. The number of aromatic nitrogens is 2. The minimum absolute atomic E-state index is 0.0606. The highest BCUT2D eigenvalue weighted by molar-refractivity contribution is 7.09. The molecule has 0 radical (unpaired) electrons. The molecule has 0 spiro atoms. The molecule has 0 bridgehead atoms. The van der Waals surface area contributed by atoms with Gasteiger partial charge in [-0.25, -0.2) is 4.98 Å². The van der Waals surface area contributed by atoms with Crippen molar-refractivity contribution < 1.29 is 4.79 Å². The van der Waals surface area contributed by atoms with Crippen molar-refractivity contribution in [3.05, 3.63) is 35.1 Å². The second kappa shape index (κ2) is 5.52. The molecule has 1 amide bonds. The van der Waals surface area contributed by atoms with Crippen LogP contribution in [0.4, 0.5) is 10.8 Å². The molecule has 114 valence electrons. The van der Waals surface area contributed by atoms with E-state index in [1.54, 1.807) is 4.90 Å². The molecule has 1 unspecified atom stereocenters. The monoisotopic (exact) mass is 334 g/mol. The Labute approximate surface area is 137 Å². The van der Waals surface area contributed by atoms with Crippen molar-refractivity contribution in [2.45, 2.75) is 31.2 Å². The lowest BCUT2D eigenvalue weighted by atomic mass is 10.2. The normalized spacial score (nSPS) is 21.4. The fraction of sp³-hybridized carbons (Fsp3) is 0.400. The molecule has 1 aliphatic carbocycles. The van der Waals surface area contributed by atoms with Crippen molar-refractivity contribution in [1.29, 1.82) is 0 Å². The van der Waals surface area contributed by atoms with Gasteiger partial charge in [0.25, 0.3) is 0 Å². The highest BCUT2D eigenvalue weighted by Gasteiger charge is 2.34. The van der Waals surface area contributed by atoms with Crippen LogP contribution in [0.15, 0.2) is 24.3 Å². The molecule has 1 saturated carbocycles. The minimum Gasteiger partial charge on any atom is -0.348 e. The van der Waals surface area contributed by atoms with Crippen LogP contribution >= 0.6 is 23.1 Å². The molecular formula is C15H15ClN4OS. The number of rotatable bonds is 4. The molecule has 1 saturated heterocycles. The van der Waals surface area contributed by atoms with E-state index in [0.717, 1.165) is 23.1 Å². The molecular weight excluding hydrogens is 320 g/mol. The first-order valence-corrected chi connectivity index (χ1v) is 8.53. The van der Waals surface area contributed by atoms with Gasteiger partial charge in [0.05, 0.1) is 0 Å². The van der Waals surface area contributed by atoms with Crippen LogP contribution in [-0.4, -0.2) is 27.9 Å². The van der Waals surface area contributed by atoms with Crippen LogP contribution in [0.1, 0.15) is 31.0 Å². The van der Waals surface area contributed by atoms with Crippen molar-refractivity contribution in [2.75, 3.05) is 16.8 Å². The number of hydrogen-bond acceptors (Lipinski definition) is 5. The maximum atomic E-state index is 12.6. The Morgan fingerprint density at radius 1 is 1.32 bits per heavy atom. The molecule has 1 aromatic heterocycles. The van der Waals surface area contributed by atoms with Gasteiger partial charge in [-0.3, -0.25) is 4.79 Å². The fourth-order valence-corrected chi connectivity index (χ4v) is 3.55. The molecule has 2 aliphatic rings.